The van der Waals surface area contributed by atoms with Gasteiger partial charge in [0.05, 0.1) is 6.20 Å². The Hall–Kier alpha value is -1.69. The van der Waals surface area contributed by atoms with Gasteiger partial charge in [-0.15, -0.1) is 4.73 Å². The molecule has 0 fully saturated rings. The predicted octanol–water partition coefficient (Wildman–Crippen LogP) is -1.62. The second-order valence-corrected chi connectivity index (χ2v) is 3.81. The summed E-state index contributed by atoms with van der Waals surface area (Å²) in [4.78, 5) is 22.2. The van der Waals surface area contributed by atoms with E-state index in [0.29, 0.717) is 9.46 Å². The van der Waals surface area contributed by atoms with E-state index in [-0.39, 0.29) is 5.75 Å². The Balaban J connectivity index is 2.58. The monoisotopic (exact) mass is 204 g/mol. The first kappa shape index (κ1) is 6.79. The summed E-state index contributed by atoms with van der Waals surface area (Å²) >= 11 is 0. The Morgan fingerprint density at radius 2 is 2.08 bits per heavy atom. The quantitative estimate of drug-likeness (QED) is 0.472. The maximum atomic E-state index is 11.3. The minimum atomic E-state index is -3.80. The molecule has 3 aliphatic heterocycles. The smallest absolute Gasteiger partial charge is 0.376 e. The fraction of sp³-hybridized carbons (Fsp3) is 0. The Labute approximate surface area is 69.4 Å². The summed E-state index contributed by atoms with van der Waals surface area (Å²) in [5, 5.41) is 0. The van der Waals surface area contributed by atoms with Gasteiger partial charge in [-0.2, -0.15) is 4.57 Å². The number of hydrogen-bond donors (Lipinski definition) is 0. The number of nitrogens with zero attached hydrogens (tertiary/aromatic N) is 2. The number of rotatable bonds is 0. The van der Waals surface area contributed by atoms with E-state index >= 15 is 0 Å². The van der Waals surface area contributed by atoms with E-state index in [1.165, 1.54) is 0 Å². The molecule has 1 aromatic heterocycles. The Morgan fingerprint density at radius 1 is 1.31 bits per heavy atom. The average Bonchev–Trinajstić information content (AvgIpc) is 2.07. The topological polar surface area (TPSA) is 88.8 Å². The van der Waals surface area contributed by atoms with Gasteiger partial charge in [-0.25, -0.2) is 4.79 Å². The second-order valence-electron chi connectivity index (χ2n) is 2.40. The van der Waals surface area contributed by atoms with Crippen LogP contribution in [0.5, 0.6) is 5.75 Å². The predicted molar refractivity (Wildman–Crippen MR) is 36.4 cm³/mol. The normalized spacial score (nSPS) is 26.5. The Morgan fingerprint density at radius 3 is 2.85 bits per heavy atom. The molecule has 1 aromatic rings. The molecule has 0 spiro atoms. The molecule has 0 saturated carbocycles. The van der Waals surface area contributed by atoms with Gasteiger partial charge in [0.15, 0.2) is 0 Å². The maximum Gasteiger partial charge on any atom is 0.686 e. The minimum Gasteiger partial charge on any atom is -0.376 e. The SMILES string of the molecule is O=c1c2cn3c(=O)n1OP(=O)(O2)O3. The van der Waals surface area contributed by atoms with Crippen LogP contribution in [0, 0.1) is 0 Å². The molecule has 3 aliphatic rings. The third-order valence-electron chi connectivity index (χ3n) is 1.57. The summed E-state index contributed by atoms with van der Waals surface area (Å²) in [7, 11) is -3.80. The van der Waals surface area contributed by atoms with Crippen molar-refractivity contribution in [1.82, 2.24) is 9.46 Å². The standard InChI is InChI=1S/C4HN2O6P/c7-3-2-1-5-4(8)6(3)12-13(9,10-2)11-5/h1H. The number of phosphoric acid groups is 1. The fourth-order valence-electron chi connectivity index (χ4n) is 1.06. The summed E-state index contributed by atoms with van der Waals surface area (Å²) in [5.74, 6) is -0.222. The van der Waals surface area contributed by atoms with Crippen LogP contribution >= 0.6 is 7.82 Å². The van der Waals surface area contributed by atoms with Gasteiger partial charge in [0.25, 0.3) is 0 Å². The van der Waals surface area contributed by atoms with Gasteiger partial charge in [0, 0.05) is 0 Å². The lowest BCUT2D eigenvalue weighted by atomic mass is 10.6. The average molecular weight is 204 g/mol. The molecule has 13 heavy (non-hydrogen) atoms. The molecule has 0 aliphatic carbocycles. The third-order valence-corrected chi connectivity index (χ3v) is 2.73. The lowest BCUT2D eigenvalue weighted by molar-refractivity contribution is 0.0444. The first-order valence-corrected chi connectivity index (χ1v) is 4.64. The van der Waals surface area contributed by atoms with E-state index in [1.54, 1.807) is 0 Å². The minimum absolute atomic E-state index is 0.222. The van der Waals surface area contributed by atoms with Crippen LogP contribution in [-0.4, -0.2) is 9.46 Å². The van der Waals surface area contributed by atoms with Gasteiger partial charge in [0.1, 0.15) is 0 Å². The largest absolute Gasteiger partial charge is 0.686 e. The highest BCUT2D eigenvalue weighted by atomic mass is 31.2. The Bertz CT molecular complexity index is 527. The van der Waals surface area contributed by atoms with E-state index in [2.05, 4.69) is 13.8 Å². The molecule has 4 bridgehead atoms. The van der Waals surface area contributed by atoms with Crippen LogP contribution in [0.4, 0.5) is 0 Å². The van der Waals surface area contributed by atoms with Gasteiger partial charge in [0.2, 0.25) is 5.75 Å². The van der Waals surface area contributed by atoms with Crippen molar-refractivity contribution < 1.29 is 18.3 Å². The van der Waals surface area contributed by atoms with Crippen LogP contribution in [0.3, 0.4) is 0 Å². The molecule has 8 nitrogen and oxygen atoms in total. The van der Waals surface area contributed by atoms with Gasteiger partial charge in [-0.1, -0.05) is 4.73 Å². The highest BCUT2D eigenvalue weighted by Crippen LogP contribution is 2.46. The fourth-order valence-corrected chi connectivity index (χ4v) is 2.20. The summed E-state index contributed by atoms with van der Waals surface area (Å²) in [6.45, 7) is 0. The second kappa shape index (κ2) is 1.64. The van der Waals surface area contributed by atoms with E-state index < -0.39 is 19.1 Å². The van der Waals surface area contributed by atoms with Crippen LogP contribution in [0.2, 0.25) is 0 Å². The lowest BCUT2D eigenvalue weighted by Crippen LogP contribution is -2.53. The van der Waals surface area contributed by atoms with Crippen LogP contribution in [-0.2, 0) is 4.57 Å². The molecule has 68 valence electrons. The molecule has 0 amide bonds. The lowest BCUT2D eigenvalue weighted by Gasteiger charge is -2.28. The summed E-state index contributed by atoms with van der Waals surface area (Å²) in [6, 6.07) is 0. The van der Waals surface area contributed by atoms with Crippen molar-refractivity contribution >= 4 is 7.82 Å². The van der Waals surface area contributed by atoms with Gasteiger partial charge in [-0.05, 0) is 0 Å². The molecule has 1 unspecified atom stereocenters. The highest BCUT2D eigenvalue weighted by molar-refractivity contribution is 7.49. The first-order chi connectivity index (χ1) is 6.09. The van der Waals surface area contributed by atoms with Crippen molar-refractivity contribution in [3.63, 3.8) is 0 Å². The van der Waals surface area contributed by atoms with Crippen LogP contribution in [0.1, 0.15) is 0 Å². The molecule has 0 saturated heterocycles. The van der Waals surface area contributed by atoms with Gasteiger partial charge in [-0.3, -0.25) is 14.0 Å². The zero-order valence-electron chi connectivity index (χ0n) is 5.87. The Kier molecular flexibility index (Phi) is 0.859. The third kappa shape index (κ3) is 0.642. The summed E-state index contributed by atoms with van der Waals surface area (Å²) in [6.07, 6.45) is 1.01. The van der Waals surface area contributed by atoms with E-state index in [0.717, 1.165) is 6.20 Å². The highest BCUT2D eigenvalue weighted by Gasteiger charge is 2.47. The van der Waals surface area contributed by atoms with Gasteiger partial charge >= 0.3 is 19.1 Å². The maximum absolute atomic E-state index is 11.3. The molecule has 0 radical (unpaired) electrons. The van der Waals surface area contributed by atoms with Crippen LogP contribution in [0.15, 0.2) is 15.8 Å². The van der Waals surface area contributed by atoms with Crippen LogP contribution < -0.4 is 25.0 Å². The number of hydrogen-bond acceptors (Lipinski definition) is 6. The van der Waals surface area contributed by atoms with Crippen molar-refractivity contribution in [2.75, 3.05) is 0 Å². The zero-order valence-corrected chi connectivity index (χ0v) is 6.76. The molecular weight excluding hydrogens is 203 g/mol. The summed E-state index contributed by atoms with van der Waals surface area (Å²) < 4.78 is 25.7. The van der Waals surface area contributed by atoms with Crippen molar-refractivity contribution in [3.05, 3.63) is 27.0 Å². The molecule has 1 atom stereocenters. The molecule has 9 heteroatoms. The van der Waals surface area contributed by atoms with E-state index in [1.807, 2.05) is 0 Å². The zero-order chi connectivity index (χ0) is 9.22. The molecule has 4 heterocycles. The van der Waals surface area contributed by atoms with Crippen molar-refractivity contribution in [3.8, 4) is 5.75 Å². The van der Waals surface area contributed by atoms with Crippen molar-refractivity contribution in [1.29, 1.82) is 0 Å². The molecule has 0 N–H and O–H groups in total. The van der Waals surface area contributed by atoms with Crippen molar-refractivity contribution in [2.45, 2.75) is 0 Å². The number of aromatic nitrogens is 2. The molecular formula is C4HN2O6P. The van der Waals surface area contributed by atoms with Crippen molar-refractivity contribution in [2.24, 2.45) is 0 Å². The van der Waals surface area contributed by atoms with Crippen LogP contribution in [0.25, 0.3) is 0 Å². The van der Waals surface area contributed by atoms with E-state index in [4.69, 9.17) is 0 Å². The van der Waals surface area contributed by atoms with Gasteiger partial charge < -0.3 is 4.52 Å². The first-order valence-electron chi connectivity index (χ1n) is 3.18. The summed E-state index contributed by atoms with van der Waals surface area (Å²) in [5.41, 5.74) is -1.63. The molecule has 0 aromatic carbocycles. The molecule has 4 rings (SSSR count). The van der Waals surface area contributed by atoms with E-state index in [9.17, 15) is 14.2 Å².